The smallest absolute Gasteiger partial charge is 0.375 e. The Morgan fingerprint density at radius 1 is 1.43 bits per heavy atom. The van der Waals surface area contributed by atoms with E-state index in [1.807, 2.05) is 24.3 Å². The molecule has 1 saturated heterocycles. The van der Waals surface area contributed by atoms with Crippen LogP contribution in [0.3, 0.4) is 0 Å². The predicted octanol–water partition coefficient (Wildman–Crippen LogP) is 4.43. The van der Waals surface area contributed by atoms with Crippen molar-refractivity contribution in [2.45, 2.75) is 25.6 Å². The molecule has 0 aromatic heterocycles. The number of halogens is 5. The summed E-state index contributed by atoms with van der Waals surface area (Å²) in [6.07, 6.45) is -3.51. The standard InChI is InChI=1S/C20H30ClF3N4O.HI/c1-4-27(14-20(22,23)24)12-15-8-9-28(13-15)19(25-2)26-11-18(29-3)16-6-5-7-17(21)10-16;/h5-7,10,15,18H,4,8-9,11-14H2,1-3H3,(H,25,26);1H. The number of alkyl halides is 3. The van der Waals surface area contributed by atoms with E-state index in [0.717, 1.165) is 24.5 Å². The second-order valence-corrected chi connectivity index (χ2v) is 7.69. The number of hydrogen-bond donors (Lipinski definition) is 1. The number of nitrogens with zero attached hydrogens (tertiary/aromatic N) is 3. The van der Waals surface area contributed by atoms with Crippen molar-refractivity contribution in [3.8, 4) is 0 Å². The topological polar surface area (TPSA) is 40.1 Å². The van der Waals surface area contributed by atoms with Crippen LogP contribution in [0.4, 0.5) is 13.2 Å². The van der Waals surface area contributed by atoms with Gasteiger partial charge in [0.2, 0.25) is 0 Å². The highest BCUT2D eigenvalue weighted by atomic mass is 127. The highest BCUT2D eigenvalue weighted by Crippen LogP contribution is 2.22. The maximum absolute atomic E-state index is 12.7. The van der Waals surface area contributed by atoms with E-state index in [1.165, 1.54) is 4.90 Å². The van der Waals surface area contributed by atoms with Crippen molar-refractivity contribution >= 4 is 41.5 Å². The fourth-order valence-electron chi connectivity index (χ4n) is 3.66. The molecule has 1 aromatic carbocycles. The number of hydrogen-bond acceptors (Lipinski definition) is 3. The van der Waals surface area contributed by atoms with Crippen LogP contribution < -0.4 is 5.32 Å². The Labute approximate surface area is 199 Å². The van der Waals surface area contributed by atoms with Crippen molar-refractivity contribution < 1.29 is 17.9 Å². The molecule has 1 heterocycles. The minimum atomic E-state index is -4.17. The van der Waals surface area contributed by atoms with Gasteiger partial charge in [0.15, 0.2) is 5.96 Å². The van der Waals surface area contributed by atoms with Crippen LogP contribution in [0.15, 0.2) is 29.3 Å². The number of ether oxygens (including phenoxy) is 1. The van der Waals surface area contributed by atoms with Gasteiger partial charge in [0.1, 0.15) is 0 Å². The molecule has 0 amide bonds. The summed E-state index contributed by atoms with van der Waals surface area (Å²) in [5.41, 5.74) is 0.966. The van der Waals surface area contributed by atoms with E-state index in [1.54, 1.807) is 21.1 Å². The first-order valence-electron chi connectivity index (χ1n) is 9.78. The Bertz CT molecular complexity index is 678. The molecule has 1 aliphatic rings. The predicted molar refractivity (Wildman–Crippen MR) is 126 cm³/mol. The molecule has 30 heavy (non-hydrogen) atoms. The van der Waals surface area contributed by atoms with Crippen molar-refractivity contribution in [2.75, 3.05) is 53.4 Å². The van der Waals surface area contributed by atoms with Gasteiger partial charge in [0, 0.05) is 45.4 Å². The molecule has 2 unspecified atom stereocenters. The van der Waals surface area contributed by atoms with Gasteiger partial charge in [0.05, 0.1) is 12.6 Å². The van der Waals surface area contributed by atoms with Crippen molar-refractivity contribution in [1.29, 1.82) is 0 Å². The molecule has 1 aliphatic heterocycles. The van der Waals surface area contributed by atoms with E-state index in [4.69, 9.17) is 16.3 Å². The van der Waals surface area contributed by atoms with Crippen LogP contribution in [0, 0.1) is 5.92 Å². The number of likely N-dealkylation sites (tertiary alicyclic amines) is 1. The van der Waals surface area contributed by atoms with Crippen molar-refractivity contribution in [3.05, 3.63) is 34.9 Å². The molecule has 0 radical (unpaired) electrons. The molecule has 2 atom stereocenters. The zero-order valence-corrected chi connectivity index (χ0v) is 20.7. The third-order valence-electron chi connectivity index (χ3n) is 5.11. The van der Waals surface area contributed by atoms with E-state index in [0.29, 0.717) is 31.2 Å². The normalized spacial score (nSPS) is 18.5. The van der Waals surface area contributed by atoms with Gasteiger partial charge < -0.3 is 15.0 Å². The monoisotopic (exact) mass is 562 g/mol. The number of rotatable bonds is 8. The molecule has 1 aromatic rings. The van der Waals surface area contributed by atoms with Crippen LogP contribution >= 0.6 is 35.6 Å². The van der Waals surface area contributed by atoms with Gasteiger partial charge in [0.25, 0.3) is 0 Å². The molecule has 0 spiro atoms. The fraction of sp³-hybridized carbons (Fsp3) is 0.650. The van der Waals surface area contributed by atoms with Crippen LogP contribution in [-0.4, -0.2) is 75.4 Å². The molecule has 1 N–H and O–H groups in total. The summed E-state index contributed by atoms with van der Waals surface area (Å²) < 4.78 is 43.7. The Kier molecular flexibility index (Phi) is 11.7. The quantitative estimate of drug-likeness (QED) is 0.289. The van der Waals surface area contributed by atoms with Crippen LogP contribution in [-0.2, 0) is 4.74 Å². The second kappa shape index (κ2) is 12.9. The summed E-state index contributed by atoms with van der Waals surface area (Å²) in [7, 11) is 3.35. The van der Waals surface area contributed by atoms with E-state index in [9.17, 15) is 13.2 Å². The number of nitrogens with one attached hydrogen (secondary N) is 1. The van der Waals surface area contributed by atoms with Crippen LogP contribution in [0.25, 0.3) is 0 Å². The van der Waals surface area contributed by atoms with Gasteiger partial charge in [-0.25, -0.2) is 0 Å². The Balaban J connectivity index is 0.00000450. The second-order valence-electron chi connectivity index (χ2n) is 7.25. The number of methoxy groups -OCH3 is 1. The van der Waals surface area contributed by atoms with E-state index in [2.05, 4.69) is 15.2 Å². The number of guanidine groups is 1. The van der Waals surface area contributed by atoms with Gasteiger partial charge in [-0.2, -0.15) is 13.2 Å². The Hall–Kier alpha value is -0.780. The van der Waals surface area contributed by atoms with E-state index < -0.39 is 12.7 Å². The highest BCUT2D eigenvalue weighted by Gasteiger charge is 2.33. The van der Waals surface area contributed by atoms with Crippen LogP contribution in [0.1, 0.15) is 25.0 Å². The summed E-state index contributed by atoms with van der Waals surface area (Å²) in [5, 5.41) is 3.97. The summed E-state index contributed by atoms with van der Waals surface area (Å²) in [5.74, 6) is 0.914. The van der Waals surface area contributed by atoms with E-state index >= 15 is 0 Å². The molecule has 0 saturated carbocycles. The average Bonchev–Trinajstić information content (AvgIpc) is 3.12. The minimum absolute atomic E-state index is 0. The van der Waals surface area contributed by atoms with Crippen LogP contribution in [0.2, 0.25) is 5.02 Å². The first-order valence-corrected chi connectivity index (χ1v) is 10.2. The van der Waals surface area contributed by atoms with Crippen LogP contribution in [0.5, 0.6) is 0 Å². The lowest BCUT2D eigenvalue weighted by Crippen LogP contribution is -2.43. The number of benzene rings is 1. The SMILES string of the molecule is CCN(CC1CCN(C(=NC)NCC(OC)c2cccc(Cl)c2)C1)CC(F)(F)F.I. The Morgan fingerprint density at radius 2 is 2.17 bits per heavy atom. The third kappa shape index (κ3) is 8.76. The molecule has 172 valence electrons. The first kappa shape index (κ1) is 27.3. The maximum atomic E-state index is 12.7. The zero-order valence-electron chi connectivity index (χ0n) is 17.6. The molecule has 0 bridgehead atoms. The van der Waals surface area contributed by atoms with Gasteiger partial charge >= 0.3 is 6.18 Å². The largest absolute Gasteiger partial charge is 0.401 e. The Morgan fingerprint density at radius 3 is 2.73 bits per heavy atom. The zero-order chi connectivity index (χ0) is 21.4. The highest BCUT2D eigenvalue weighted by molar-refractivity contribution is 14.0. The molecule has 5 nitrogen and oxygen atoms in total. The van der Waals surface area contributed by atoms with E-state index in [-0.39, 0.29) is 36.0 Å². The van der Waals surface area contributed by atoms with Crippen molar-refractivity contribution in [1.82, 2.24) is 15.1 Å². The van der Waals surface area contributed by atoms with Gasteiger partial charge in [-0.3, -0.25) is 9.89 Å². The number of aliphatic imine (C=N–C) groups is 1. The molecule has 1 fully saturated rings. The summed E-state index contributed by atoms with van der Waals surface area (Å²) in [6, 6.07) is 7.51. The molecule has 10 heteroatoms. The van der Waals surface area contributed by atoms with Gasteiger partial charge in [-0.15, -0.1) is 24.0 Å². The van der Waals surface area contributed by atoms with Crippen molar-refractivity contribution in [3.63, 3.8) is 0 Å². The molecule has 0 aliphatic carbocycles. The summed E-state index contributed by atoms with van der Waals surface area (Å²) in [4.78, 5) is 7.89. The summed E-state index contributed by atoms with van der Waals surface area (Å²) >= 11 is 6.07. The molecular weight excluding hydrogens is 532 g/mol. The fourth-order valence-corrected chi connectivity index (χ4v) is 3.86. The lowest BCUT2D eigenvalue weighted by atomic mass is 10.1. The minimum Gasteiger partial charge on any atom is -0.375 e. The van der Waals surface area contributed by atoms with Crippen molar-refractivity contribution in [2.24, 2.45) is 10.9 Å². The first-order chi connectivity index (χ1) is 13.8. The average molecular weight is 563 g/mol. The van der Waals surface area contributed by atoms with Gasteiger partial charge in [-0.1, -0.05) is 30.7 Å². The third-order valence-corrected chi connectivity index (χ3v) is 5.35. The lowest BCUT2D eigenvalue weighted by molar-refractivity contribution is -0.146. The summed E-state index contributed by atoms with van der Waals surface area (Å²) in [6.45, 7) is 3.69. The molecule has 2 rings (SSSR count). The molecular formula is C20H31ClF3IN4O. The maximum Gasteiger partial charge on any atom is 0.401 e. The van der Waals surface area contributed by atoms with Gasteiger partial charge in [-0.05, 0) is 36.6 Å². The lowest BCUT2D eigenvalue weighted by Gasteiger charge is -2.26.